The molecule has 0 saturated heterocycles. The number of anilines is 1. The van der Waals surface area contributed by atoms with Crippen LogP contribution in [0.1, 0.15) is 29.8 Å². The zero-order chi connectivity index (χ0) is 22.7. The lowest BCUT2D eigenvalue weighted by atomic mass is 10.0. The maximum absolute atomic E-state index is 12.9. The summed E-state index contributed by atoms with van der Waals surface area (Å²) in [7, 11) is 0. The minimum Gasteiger partial charge on any atom is -0.340 e. The monoisotopic (exact) mass is 426 g/mol. The molecule has 0 saturated carbocycles. The minimum atomic E-state index is -0.655. The lowest BCUT2D eigenvalue weighted by molar-refractivity contribution is -0.118. The van der Waals surface area contributed by atoms with Crippen molar-refractivity contribution in [3.8, 4) is 11.4 Å². The minimum absolute atomic E-state index is 0.0715. The van der Waals surface area contributed by atoms with Crippen LogP contribution in [0.15, 0.2) is 72.8 Å². The van der Waals surface area contributed by atoms with Gasteiger partial charge in [0.15, 0.2) is 0 Å². The van der Waals surface area contributed by atoms with Crippen molar-refractivity contribution in [3.63, 3.8) is 0 Å². The lowest BCUT2D eigenvalue weighted by Gasteiger charge is -2.22. The number of hydrogen-bond donors (Lipinski definition) is 3. The highest BCUT2D eigenvalue weighted by Gasteiger charge is 2.25. The maximum Gasteiger partial charge on any atom is 0.252 e. The number of aromatic nitrogens is 2. The van der Waals surface area contributed by atoms with E-state index in [9.17, 15) is 9.59 Å². The molecule has 3 N–H and O–H groups in total. The van der Waals surface area contributed by atoms with E-state index in [1.54, 1.807) is 6.07 Å². The standard InChI is InChI=1S/C26H26N4O2/c1-16(2)23(30-25(31)20-9-5-4-8-17(20)3)26(32)27-19-14-12-18(13-15-19)24-28-21-10-6-7-11-22(21)29-24/h4-16,23H,1-3H3,(H,27,32)(H,28,29)(H,30,31). The summed E-state index contributed by atoms with van der Waals surface area (Å²) in [6, 6.07) is 22.0. The SMILES string of the molecule is Cc1ccccc1C(=O)NC(C(=O)Nc1ccc(-c2nc3ccccc3[nH]2)cc1)C(C)C. The number of nitrogens with one attached hydrogen (secondary N) is 3. The molecule has 0 aliphatic rings. The molecule has 1 atom stereocenters. The quantitative estimate of drug-likeness (QED) is 0.408. The first-order valence-electron chi connectivity index (χ1n) is 10.6. The van der Waals surface area contributed by atoms with Gasteiger partial charge in [-0.25, -0.2) is 4.98 Å². The fraction of sp³-hybridized carbons (Fsp3) is 0.192. The Hall–Kier alpha value is -3.93. The van der Waals surface area contributed by atoms with E-state index in [4.69, 9.17) is 0 Å². The van der Waals surface area contributed by atoms with Gasteiger partial charge in [-0.05, 0) is 60.9 Å². The van der Waals surface area contributed by atoms with Crippen LogP contribution in [0, 0.1) is 12.8 Å². The summed E-state index contributed by atoms with van der Waals surface area (Å²) in [5.74, 6) is 0.197. The molecule has 4 aromatic rings. The Balaban J connectivity index is 1.46. The van der Waals surface area contributed by atoms with Crippen LogP contribution >= 0.6 is 0 Å². The number of rotatable bonds is 6. The largest absolute Gasteiger partial charge is 0.340 e. The number of para-hydroxylation sites is 2. The number of nitrogens with zero attached hydrogens (tertiary/aromatic N) is 1. The average molecular weight is 427 g/mol. The smallest absolute Gasteiger partial charge is 0.252 e. The molecule has 0 radical (unpaired) electrons. The molecule has 2 amide bonds. The van der Waals surface area contributed by atoms with Crippen molar-refractivity contribution < 1.29 is 9.59 Å². The van der Waals surface area contributed by atoms with Crippen molar-refractivity contribution in [1.29, 1.82) is 0 Å². The van der Waals surface area contributed by atoms with Crippen molar-refractivity contribution in [2.24, 2.45) is 5.92 Å². The summed E-state index contributed by atoms with van der Waals surface area (Å²) in [5.41, 5.74) is 4.90. The van der Waals surface area contributed by atoms with Crippen molar-refractivity contribution >= 4 is 28.5 Å². The van der Waals surface area contributed by atoms with E-state index in [0.717, 1.165) is 28.0 Å². The van der Waals surface area contributed by atoms with Gasteiger partial charge in [-0.3, -0.25) is 9.59 Å². The number of hydrogen-bond acceptors (Lipinski definition) is 3. The highest BCUT2D eigenvalue weighted by molar-refractivity contribution is 6.02. The lowest BCUT2D eigenvalue weighted by Crippen LogP contribution is -2.47. The van der Waals surface area contributed by atoms with Crippen LogP contribution in [0.3, 0.4) is 0 Å². The fourth-order valence-corrected chi connectivity index (χ4v) is 3.60. The van der Waals surface area contributed by atoms with Crippen LogP contribution in [0.4, 0.5) is 5.69 Å². The van der Waals surface area contributed by atoms with Gasteiger partial charge < -0.3 is 15.6 Å². The highest BCUT2D eigenvalue weighted by Crippen LogP contribution is 2.22. The van der Waals surface area contributed by atoms with Crippen LogP contribution in [0.2, 0.25) is 0 Å². The van der Waals surface area contributed by atoms with E-state index < -0.39 is 6.04 Å². The van der Waals surface area contributed by atoms with Crippen molar-refractivity contribution in [2.45, 2.75) is 26.8 Å². The van der Waals surface area contributed by atoms with E-state index >= 15 is 0 Å². The van der Waals surface area contributed by atoms with E-state index in [0.29, 0.717) is 11.3 Å². The number of carbonyl (C=O) groups excluding carboxylic acids is 2. The number of imidazole rings is 1. The number of H-pyrrole nitrogens is 1. The Bertz CT molecular complexity index is 1230. The highest BCUT2D eigenvalue weighted by atomic mass is 16.2. The van der Waals surface area contributed by atoms with Gasteiger partial charge in [-0.2, -0.15) is 0 Å². The average Bonchev–Trinajstić information content (AvgIpc) is 3.22. The molecule has 3 aromatic carbocycles. The second-order valence-corrected chi connectivity index (χ2v) is 8.18. The van der Waals surface area contributed by atoms with Gasteiger partial charge in [0.25, 0.3) is 5.91 Å². The Labute approximate surface area is 187 Å². The molecule has 6 nitrogen and oxygen atoms in total. The van der Waals surface area contributed by atoms with Crippen LogP contribution < -0.4 is 10.6 Å². The van der Waals surface area contributed by atoms with E-state index in [1.807, 2.05) is 87.5 Å². The summed E-state index contributed by atoms with van der Waals surface area (Å²) in [6.45, 7) is 5.70. The molecule has 0 aliphatic heterocycles. The van der Waals surface area contributed by atoms with Gasteiger partial charge in [0, 0.05) is 16.8 Å². The van der Waals surface area contributed by atoms with Crippen molar-refractivity contribution in [3.05, 3.63) is 83.9 Å². The number of aromatic amines is 1. The molecule has 32 heavy (non-hydrogen) atoms. The van der Waals surface area contributed by atoms with Gasteiger partial charge in [0.1, 0.15) is 11.9 Å². The number of aryl methyl sites for hydroxylation is 1. The molecule has 0 aliphatic carbocycles. The second-order valence-electron chi connectivity index (χ2n) is 8.18. The first-order valence-corrected chi connectivity index (χ1v) is 10.6. The van der Waals surface area contributed by atoms with Crippen molar-refractivity contribution in [2.75, 3.05) is 5.32 Å². The first-order chi connectivity index (χ1) is 15.4. The normalized spacial score (nSPS) is 12.0. The Morgan fingerprint density at radius 3 is 2.28 bits per heavy atom. The summed E-state index contributed by atoms with van der Waals surface area (Å²) >= 11 is 0. The molecule has 0 bridgehead atoms. The van der Waals surface area contributed by atoms with Gasteiger partial charge in [-0.15, -0.1) is 0 Å². The van der Waals surface area contributed by atoms with Gasteiger partial charge in [-0.1, -0.05) is 44.2 Å². The van der Waals surface area contributed by atoms with Crippen LogP contribution in [-0.2, 0) is 4.79 Å². The summed E-state index contributed by atoms with van der Waals surface area (Å²) < 4.78 is 0. The van der Waals surface area contributed by atoms with E-state index in [-0.39, 0.29) is 17.7 Å². The number of fused-ring (bicyclic) bond motifs is 1. The maximum atomic E-state index is 12.9. The molecule has 4 rings (SSSR count). The molecule has 162 valence electrons. The molecule has 1 unspecified atom stereocenters. The third-order valence-electron chi connectivity index (χ3n) is 5.44. The van der Waals surface area contributed by atoms with Gasteiger partial charge >= 0.3 is 0 Å². The number of carbonyl (C=O) groups is 2. The Morgan fingerprint density at radius 2 is 1.59 bits per heavy atom. The van der Waals surface area contributed by atoms with Crippen LogP contribution in [0.25, 0.3) is 22.4 Å². The molecule has 0 spiro atoms. The predicted octanol–water partition coefficient (Wildman–Crippen LogP) is 4.93. The molecule has 0 fully saturated rings. The fourth-order valence-electron chi connectivity index (χ4n) is 3.60. The van der Waals surface area contributed by atoms with Crippen LogP contribution in [0.5, 0.6) is 0 Å². The third kappa shape index (κ3) is 4.54. The Morgan fingerprint density at radius 1 is 0.906 bits per heavy atom. The van der Waals surface area contributed by atoms with Crippen molar-refractivity contribution in [1.82, 2.24) is 15.3 Å². The zero-order valence-corrected chi connectivity index (χ0v) is 18.3. The number of benzene rings is 3. The summed E-state index contributed by atoms with van der Waals surface area (Å²) in [4.78, 5) is 33.5. The van der Waals surface area contributed by atoms with E-state index in [2.05, 4.69) is 20.6 Å². The second kappa shape index (κ2) is 9.06. The zero-order valence-electron chi connectivity index (χ0n) is 18.3. The predicted molar refractivity (Wildman–Crippen MR) is 127 cm³/mol. The van der Waals surface area contributed by atoms with Crippen LogP contribution in [-0.4, -0.2) is 27.8 Å². The molecule has 1 aromatic heterocycles. The van der Waals surface area contributed by atoms with E-state index in [1.165, 1.54) is 0 Å². The first kappa shape index (κ1) is 21.3. The number of amides is 2. The molecule has 6 heteroatoms. The molecule has 1 heterocycles. The van der Waals surface area contributed by atoms with Gasteiger partial charge in [0.05, 0.1) is 11.0 Å². The third-order valence-corrected chi connectivity index (χ3v) is 5.44. The Kier molecular flexibility index (Phi) is 6.03. The molecular formula is C26H26N4O2. The topological polar surface area (TPSA) is 86.9 Å². The summed E-state index contributed by atoms with van der Waals surface area (Å²) in [6.07, 6.45) is 0. The summed E-state index contributed by atoms with van der Waals surface area (Å²) in [5, 5.41) is 5.80. The van der Waals surface area contributed by atoms with Gasteiger partial charge in [0.2, 0.25) is 5.91 Å². The molecular weight excluding hydrogens is 400 g/mol.